The van der Waals surface area contributed by atoms with Crippen LogP contribution < -0.4 is 14.2 Å². The first-order valence-corrected chi connectivity index (χ1v) is 11.4. The molecule has 0 saturated heterocycles. The Morgan fingerprint density at radius 2 is 1.59 bits per heavy atom. The minimum atomic E-state index is -0.335. The second-order valence-corrected chi connectivity index (χ2v) is 9.67. The molecular formula is C25H40ClNO5. The number of halogens is 1. The Morgan fingerprint density at radius 3 is 2.06 bits per heavy atom. The van der Waals surface area contributed by atoms with E-state index in [9.17, 15) is 4.79 Å². The number of benzene rings is 1. The van der Waals surface area contributed by atoms with Gasteiger partial charge in [0.1, 0.15) is 6.10 Å². The number of fused-ring (bicyclic) bond motifs is 2. The van der Waals surface area contributed by atoms with Gasteiger partial charge in [0.15, 0.2) is 11.5 Å². The largest absolute Gasteiger partial charge is 0.493 e. The van der Waals surface area contributed by atoms with Crippen LogP contribution in [0.4, 0.5) is 0 Å². The van der Waals surface area contributed by atoms with E-state index in [1.807, 2.05) is 0 Å². The summed E-state index contributed by atoms with van der Waals surface area (Å²) in [6.07, 6.45) is 2.17. The molecule has 0 spiro atoms. The van der Waals surface area contributed by atoms with E-state index in [2.05, 4.69) is 39.5 Å². The molecule has 1 aromatic carbocycles. The average Bonchev–Trinajstić information content (AvgIpc) is 3.08. The first-order valence-electron chi connectivity index (χ1n) is 11.4. The number of hydrogen-bond acceptors (Lipinski definition) is 6. The van der Waals surface area contributed by atoms with E-state index < -0.39 is 0 Å². The first-order chi connectivity index (χ1) is 14.7. The standard InChI is InChI=1S/C25H39NO5.ClH/c1-9-26(10-2)15-17-18-11-12-25(5,24(18,3)4)22(17)31-23(27)16-13-19(28-6)21(30-8)20(14-16)29-7;/h13-14,17-18,22H,9-12,15H2,1-8H3;1H. The van der Waals surface area contributed by atoms with Crippen molar-refractivity contribution in [2.75, 3.05) is 41.0 Å². The molecule has 2 bridgehead atoms. The van der Waals surface area contributed by atoms with Crippen LogP contribution in [-0.2, 0) is 4.74 Å². The molecule has 4 atom stereocenters. The predicted molar refractivity (Wildman–Crippen MR) is 128 cm³/mol. The fourth-order valence-corrected chi connectivity index (χ4v) is 6.11. The SMILES string of the molecule is CCN(CC)CC1C2CCC(C)(C1OC(=O)c1cc(OC)c(OC)c(OC)c1)C2(C)C.Cl. The van der Waals surface area contributed by atoms with Crippen molar-refractivity contribution in [1.82, 2.24) is 4.90 Å². The topological polar surface area (TPSA) is 57.2 Å². The molecule has 2 aliphatic rings. The van der Waals surface area contributed by atoms with Crippen molar-refractivity contribution in [3.05, 3.63) is 17.7 Å². The maximum atomic E-state index is 13.3. The molecule has 0 N–H and O–H groups in total. The second kappa shape index (κ2) is 10.1. The van der Waals surface area contributed by atoms with Gasteiger partial charge in [-0.2, -0.15) is 0 Å². The lowest BCUT2D eigenvalue weighted by molar-refractivity contribution is -0.0457. The van der Waals surface area contributed by atoms with Crippen molar-refractivity contribution in [1.29, 1.82) is 0 Å². The fraction of sp³-hybridized carbons (Fsp3) is 0.720. The zero-order valence-corrected chi connectivity index (χ0v) is 21.6. The number of ether oxygens (including phenoxy) is 4. The van der Waals surface area contributed by atoms with Crippen LogP contribution in [0.5, 0.6) is 17.2 Å². The molecule has 6 nitrogen and oxygen atoms in total. The Bertz CT molecular complexity index is 785. The molecule has 0 heterocycles. The number of carbonyl (C=O) groups is 1. The van der Waals surface area contributed by atoms with Crippen LogP contribution in [0, 0.1) is 22.7 Å². The monoisotopic (exact) mass is 469 g/mol. The van der Waals surface area contributed by atoms with Crippen molar-refractivity contribution in [3.8, 4) is 17.2 Å². The lowest BCUT2D eigenvalue weighted by atomic mass is 9.70. The highest BCUT2D eigenvalue weighted by Gasteiger charge is 2.67. The molecule has 7 heteroatoms. The van der Waals surface area contributed by atoms with Crippen LogP contribution in [0.25, 0.3) is 0 Å². The summed E-state index contributed by atoms with van der Waals surface area (Å²) in [6.45, 7) is 14.4. The van der Waals surface area contributed by atoms with Gasteiger partial charge in [-0.15, -0.1) is 12.4 Å². The Hall–Kier alpha value is -1.66. The van der Waals surface area contributed by atoms with Crippen molar-refractivity contribution >= 4 is 18.4 Å². The molecule has 3 rings (SSSR count). The summed E-state index contributed by atoms with van der Waals surface area (Å²) in [5, 5.41) is 0. The minimum absolute atomic E-state index is 0. The number of carbonyl (C=O) groups excluding carboxylic acids is 1. The number of rotatable bonds is 9. The third-order valence-electron chi connectivity index (χ3n) is 8.41. The fourth-order valence-electron chi connectivity index (χ4n) is 6.11. The van der Waals surface area contributed by atoms with Crippen molar-refractivity contribution in [2.24, 2.45) is 22.7 Å². The lowest BCUT2D eigenvalue weighted by Gasteiger charge is -2.40. The van der Waals surface area contributed by atoms with Gasteiger partial charge in [0, 0.05) is 17.9 Å². The Morgan fingerprint density at radius 1 is 1.03 bits per heavy atom. The van der Waals surface area contributed by atoms with Crippen LogP contribution in [0.3, 0.4) is 0 Å². The van der Waals surface area contributed by atoms with E-state index in [0.717, 1.165) is 26.1 Å². The zero-order chi connectivity index (χ0) is 23.0. The third kappa shape index (κ3) is 4.16. The van der Waals surface area contributed by atoms with Gasteiger partial charge in [-0.25, -0.2) is 4.79 Å². The van der Waals surface area contributed by atoms with Gasteiger partial charge in [-0.1, -0.05) is 34.6 Å². The van der Waals surface area contributed by atoms with Gasteiger partial charge in [-0.05, 0) is 49.4 Å². The summed E-state index contributed by atoms with van der Waals surface area (Å²) >= 11 is 0. The summed E-state index contributed by atoms with van der Waals surface area (Å²) < 4.78 is 22.6. The van der Waals surface area contributed by atoms with Crippen LogP contribution in [-0.4, -0.2) is 57.9 Å². The number of hydrogen-bond donors (Lipinski definition) is 0. The van der Waals surface area contributed by atoms with Gasteiger partial charge >= 0.3 is 5.97 Å². The maximum Gasteiger partial charge on any atom is 0.338 e. The van der Waals surface area contributed by atoms with Crippen molar-refractivity contribution in [3.63, 3.8) is 0 Å². The highest BCUT2D eigenvalue weighted by molar-refractivity contribution is 5.91. The zero-order valence-electron chi connectivity index (χ0n) is 20.8. The van der Waals surface area contributed by atoms with Gasteiger partial charge in [0.05, 0.1) is 26.9 Å². The molecule has 0 aromatic heterocycles. The first kappa shape index (κ1) is 26.6. The molecule has 32 heavy (non-hydrogen) atoms. The van der Waals surface area contributed by atoms with E-state index >= 15 is 0 Å². The highest BCUT2D eigenvalue weighted by Crippen LogP contribution is 2.68. The lowest BCUT2D eigenvalue weighted by Crippen LogP contribution is -2.44. The molecule has 0 amide bonds. The van der Waals surface area contributed by atoms with Crippen molar-refractivity contribution in [2.45, 2.75) is 53.6 Å². The minimum Gasteiger partial charge on any atom is -0.493 e. The average molecular weight is 470 g/mol. The molecule has 1 aromatic rings. The Kier molecular flexibility index (Phi) is 8.38. The Labute approximate surface area is 199 Å². The number of nitrogens with zero attached hydrogens (tertiary/aromatic N) is 1. The van der Waals surface area contributed by atoms with Crippen LogP contribution >= 0.6 is 12.4 Å². The summed E-state index contributed by atoms with van der Waals surface area (Å²) in [5.41, 5.74) is 0.511. The number of methoxy groups -OCH3 is 3. The molecule has 0 aliphatic heterocycles. The van der Waals surface area contributed by atoms with Crippen LogP contribution in [0.2, 0.25) is 0 Å². The number of esters is 1. The summed E-state index contributed by atoms with van der Waals surface area (Å²) in [4.78, 5) is 15.8. The van der Waals surface area contributed by atoms with E-state index in [0.29, 0.717) is 34.6 Å². The van der Waals surface area contributed by atoms with Crippen LogP contribution in [0.15, 0.2) is 12.1 Å². The van der Waals surface area contributed by atoms with Gasteiger partial charge < -0.3 is 23.8 Å². The quantitative estimate of drug-likeness (QED) is 0.470. The van der Waals surface area contributed by atoms with E-state index in [1.165, 1.54) is 6.42 Å². The third-order valence-corrected chi connectivity index (χ3v) is 8.41. The second-order valence-electron chi connectivity index (χ2n) is 9.67. The molecular weight excluding hydrogens is 430 g/mol. The highest BCUT2D eigenvalue weighted by atomic mass is 35.5. The molecule has 2 fully saturated rings. The van der Waals surface area contributed by atoms with Gasteiger partial charge in [0.25, 0.3) is 0 Å². The molecule has 0 radical (unpaired) electrons. The summed E-state index contributed by atoms with van der Waals surface area (Å²) in [7, 11) is 4.65. The van der Waals surface area contributed by atoms with E-state index in [-0.39, 0.29) is 35.3 Å². The molecule has 2 aliphatic carbocycles. The van der Waals surface area contributed by atoms with Crippen LogP contribution in [0.1, 0.15) is 57.8 Å². The molecule has 2 saturated carbocycles. The maximum absolute atomic E-state index is 13.3. The van der Waals surface area contributed by atoms with Gasteiger partial charge in [0.2, 0.25) is 5.75 Å². The summed E-state index contributed by atoms with van der Waals surface area (Å²) in [5.74, 6) is 1.92. The smallest absolute Gasteiger partial charge is 0.338 e. The predicted octanol–water partition coefficient (Wildman–Crippen LogP) is 5.07. The van der Waals surface area contributed by atoms with Gasteiger partial charge in [-0.3, -0.25) is 0 Å². The van der Waals surface area contributed by atoms with E-state index in [1.54, 1.807) is 33.5 Å². The summed E-state index contributed by atoms with van der Waals surface area (Å²) in [6, 6.07) is 3.34. The van der Waals surface area contributed by atoms with Crippen molar-refractivity contribution < 1.29 is 23.7 Å². The molecule has 182 valence electrons. The Balaban J connectivity index is 0.00000363. The normalized spacial score (nSPS) is 27.7. The van der Waals surface area contributed by atoms with E-state index in [4.69, 9.17) is 18.9 Å². The molecule has 4 unspecified atom stereocenters.